The minimum absolute atomic E-state index is 0.0301. The number of hydrogen-bond acceptors (Lipinski definition) is 7. The zero-order valence-electron chi connectivity index (χ0n) is 20.2. The Hall–Kier alpha value is -3.60. The van der Waals surface area contributed by atoms with Crippen LogP contribution in [0.4, 0.5) is 22.9 Å². The molecule has 11 heteroatoms. The summed E-state index contributed by atoms with van der Waals surface area (Å²) >= 11 is 0. The summed E-state index contributed by atoms with van der Waals surface area (Å²) in [4.78, 5) is 54.8. The number of nitrogens with two attached hydrogens (primary N) is 1. The first-order valence-corrected chi connectivity index (χ1v) is 11.9. The number of carbonyl (C=O) groups is 2. The van der Waals surface area contributed by atoms with Gasteiger partial charge in [-0.05, 0) is 49.4 Å². The SMILES string of the molecule is COCCn1c(N)c(N2CCCCC2)c(=O)n(CC(=O)Nc2ccc3c(c2)CCN3C(C)=O)c1=O. The number of rotatable bonds is 7. The van der Waals surface area contributed by atoms with Gasteiger partial charge in [0.2, 0.25) is 11.8 Å². The maximum atomic E-state index is 13.4. The lowest BCUT2D eigenvalue weighted by molar-refractivity contribution is -0.117. The van der Waals surface area contributed by atoms with Gasteiger partial charge in [0.1, 0.15) is 18.1 Å². The number of ether oxygens (including phenoxy) is 1. The van der Waals surface area contributed by atoms with E-state index < -0.39 is 23.7 Å². The van der Waals surface area contributed by atoms with E-state index in [1.54, 1.807) is 17.0 Å². The highest BCUT2D eigenvalue weighted by molar-refractivity contribution is 5.95. The largest absolute Gasteiger partial charge is 0.383 e. The number of nitrogen functional groups attached to an aromatic ring is 1. The number of methoxy groups -OCH3 is 1. The summed E-state index contributed by atoms with van der Waals surface area (Å²) in [6.07, 6.45) is 3.62. The predicted octanol–water partition coefficient (Wildman–Crippen LogP) is 0.777. The van der Waals surface area contributed by atoms with E-state index in [1.165, 1.54) is 18.6 Å². The third kappa shape index (κ3) is 4.95. The van der Waals surface area contributed by atoms with Crippen LogP contribution in [0.1, 0.15) is 31.7 Å². The van der Waals surface area contributed by atoms with Crippen molar-refractivity contribution in [2.45, 2.75) is 45.7 Å². The van der Waals surface area contributed by atoms with Gasteiger partial charge in [-0.25, -0.2) is 9.36 Å². The molecule has 1 aromatic heterocycles. The zero-order valence-corrected chi connectivity index (χ0v) is 20.2. The number of nitrogens with one attached hydrogen (secondary N) is 1. The number of hydrogen-bond donors (Lipinski definition) is 2. The maximum absolute atomic E-state index is 13.4. The van der Waals surface area contributed by atoms with Crippen LogP contribution in [-0.2, 0) is 33.8 Å². The molecule has 0 atom stereocenters. The zero-order chi connectivity index (χ0) is 25.1. The van der Waals surface area contributed by atoms with E-state index in [-0.39, 0.29) is 30.6 Å². The van der Waals surface area contributed by atoms with Crippen LogP contribution < -0.4 is 32.1 Å². The van der Waals surface area contributed by atoms with E-state index >= 15 is 0 Å². The molecule has 188 valence electrons. The monoisotopic (exact) mass is 484 g/mol. The molecule has 1 aromatic carbocycles. The summed E-state index contributed by atoms with van der Waals surface area (Å²) in [6.45, 7) is 3.42. The van der Waals surface area contributed by atoms with Crippen LogP contribution in [0.15, 0.2) is 27.8 Å². The number of anilines is 4. The number of fused-ring (bicyclic) bond motifs is 1. The molecule has 2 aromatic rings. The van der Waals surface area contributed by atoms with E-state index in [1.807, 2.05) is 11.0 Å². The van der Waals surface area contributed by atoms with E-state index in [0.29, 0.717) is 31.7 Å². The summed E-state index contributed by atoms with van der Waals surface area (Å²) in [5.41, 5.74) is 7.66. The van der Waals surface area contributed by atoms with Gasteiger partial charge in [0.25, 0.3) is 5.56 Å². The molecule has 35 heavy (non-hydrogen) atoms. The fourth-order valence-corrected chi connectivity index (χ4v) is 4.80. The van der Waals surface area contributed by atoms with E-state index in [4.69, 9.17) is 10.5 Å². The summed E-state index contributed by atoms with van der Waals surface area (Å²) in [5, 5.41) is 2.78. The third-order valence-corrected chi connectivity index (χ3v) is 6.57. The summed E-state index contributed by atoms with van der Waals surface area (Å²) in [7, 11) is 1.52. The molecule has 3 N–H and O–H groups in total. The molecular formula is C24H32N6O5. The van der Waals surface area contributed by atoms with Crippen LogP contribution >= 0.6 is 0 Å². The lowest BCUT2D eigenvalue weighted by Crippen LogP contribution is -2.47. The first-order valence-electron chi connectivity index (χ1n) is 11.9. The molecule has 1 fully saturated rings. The molecule has 0 aliphatic carbocycles. The minimum atomic E-state index is -0.647. The Morgan fingerprint density at radius 2 is 1.83 bits per heavy atom. The average Bonchev–Trinajstić information content (AvgIpc) is 3.26. The molecule has 11 nitrogen and oxygen atoms in total. The van der Waals surface area contributed by atoms with Crippen LogP contribution in [0.5, 0.6) is 0 Å². The first-order chi connectivity index (χ1) is 16.8. The van der Waals surface area contributed by atoms with Crippen molar-refractivity contribution < 1.29 is 14.3 Å². The minimum Gasteiger partial charge on any atom is -0.383 e. The van der Waals surface area contributed by atoms with Gasteiger partial charge in [-0.1, -0.05) is 0 Å². The van der Waals surface area contributed by atoms with Crippen molar-refractivity contribution in [1.29, 1.82) is 0 Å². The van der Waals surface area contributed by atoms with Crippen LogP contribution in [0.3, 0.4) is 0 Å². The van der Waals surface area contributed by atoms with Crippen molar-refractivity contribution in [3.05, 3.63) is 44.6 Å². The van der Waals surface area contributed by atoms with E-state index in [2.05, 4.69) is 5.32 Å². The lowest BCUT2D eigenvalue weighted by atomic mass is 10.1. The van der Waals surface area contributed by atoms with E-state index in [0.717, 1.165) is 35.1 Å². The molecule has 0 unspecified atom stereocenters. The molecule has 2 amide bonds. The molecule has 0 saturated carbocycles. The molecule has 4 rings (SSSR count). The summed E-state index contributed by atoms with van der Waals surface area (Å²) in [5.74, 6) is -0.431. The van der Waals surface area contributed by atoms with Gasteiger partial charge in [0.15, 0.2) is 0 Å². The smallest absolute Gasteiger partial charge is 0.333 e. The van der Waals surface area contributed by atoms with Crippen molar-refractivity contribution in [1.82, 2.24) is 9.13 Å². The van der Waals surface area contributed by atoms with Gasteiger partial charge in [-0.2, -0.15) is 0 Å². The van der Waals surface area contributed by atoms with Gasteiger partial charge >= 0.3 is 5.69 Å². The Kier molecular flexibility index (Phi) is 7.25. The Morgan fingerprint density at radius 3 is 2.51 bits per heavy atom. The highest BCUT2D eigenvalue weighted by Crippen LogP contribution is 2.30. The lowest BCUT2D eigenvalue weighted by Gasteiger charge is -2.30. The van der Waals surface area contributed by atoms with Gasteiger partial charge in [-0.15, -0.1) is 0 Å². The topological polar surface area (TPSA) is 132 Å². The molecule has 3 heterocycles. The third-order valence-electron chi connectivity index (χ3n) is 6.57. The van der Waals surface area contributed by atoms with Crippen LogP contribution in [0, 0.1) is 0 Å². The fraction of sp³-hybridized carbons (Fsp3) is 0.500. The second-order valence-electron chi connectivity index (χ2n) is 8.91. The van der Waals surface area contributed by atoms with Gasteiger partial charge < -0.3 is 25.6 Å². The van der Waals surface area contributed by atoms with Crippen LogP contribution in [-0.4, -0.2) is 54.3 Å². The Balaban J connectivity index is 1.62. The second-order valence-corrected chi connectivity index (χ2v) is 8.91. The Morgan fingerprint density at radius 1 is 1.09 bits per heavy atom. The van der Waals surface area contributed by atoms with Crippen LogP contribution in [0.2, 0.25) is 0 Å². The van der Waals surface area contributed by atoms with Gasteiger partial charge in [-0.3, -0.25) is 19.0 Å². The molecule has 1 saturated heterocycles. The normalized spacial score (nSPS) is 15.3. The number of piperidine rings is 1. The van der Waals surface area contributed by atoms with Crippen molar-refractivity contribution in [2.75, 3.05) is 54.2 Å². The molecule has 2 aliphatic rings. The average molecular weight is 485 g/mol. The number of benzene rings is 1. The van der Waals surface area contributed by atoms with Gasteiger partial charge in [0, 0.05) is 45.0 Å². The fourth-order valence-electron chi connectivity index (χ4n) is 4.80. The number of amides is 2. The molecule has 0 spiro atoms. The number of carbonyl (C=O) groups excluding carboxylic acids is 2. The number of aromatic nitrogens is 2. The standard InChI is InChI=1S/C24H32N6O5/c1-16(31)28-11-8-17-14-18(6-7-19(17)28)26-20(32)15-30-23(33)21(27-9-4-3-5-10-27)22(25)29(24(30)34)12-13-35-2/h6-7,14H,3-5,8-13,15,25H2,1-2H3,(H,26,32). The Labute approximate surface area is 203 Å². The number of nitrogens with zero attached hydrogens (tertiary/aromatic N) is 4. The van der Waals surface area contributed by atoms with Crippen LogP contribution in [0.25, 0.3) is 0 Å². The van der Waals surface area contributed by atoms with E-state index in [9.17, 15) is 19.2 Å². The van der Waals surface area contributed by atoms with Crippen molar-refractivity contribution in [3.8, 4) is 0 Å². The quantitative estimate of drug-likeness (QED) is 0.593. The second kappa shape index (κ2) is 10.3. The highest BCUT2D eigenvalue weighted by Gasteiger charge is 2.25. The molecular weight excluding hydrogens is 452 g/mol. The van der Waals surface area contributed by atoms with Crippen molar-refractivity contribution >= 4 is 34.7 Å². The van der Waals surface area contributed by atoms with Crippen molar-refractivity contribution in [2.24, 2.45) is 0 Å². The highest BCUT2D eigenvalue weighted by atomic mass is 16.5. The molecule has 0 radical (unpaired) electrons. The molecule has 2 aliphatic heterocycles. The predicted molar refractivity (Wildman–Crippen MR) is 134 cm³/mol. The maximum Gasteiger partial charge on any atom is 0.333 e. The Bertz CT molecular complexity index is 1240. The van der Waals surface area contributed by atoms with Crippen molar-refractivity contribution in [3.63, 3.8) is 0 Å². The summed E-state index contributed by atoms with van der Waals surface area (Å²) in [6, 6.07) is 5.32. The van der Waals surface area contributed by atoms with Gasteiger partial charge in [0.05, 0.1) is 13.2 Å². The summed E-state index contributed by atoms with van der Waals surface area (Å²) < 4.78 is 7.35. The molecule has 0 bridgehead atoms. The first kappa shape index (κ1) is 24.5.